The molecule has 0 aliphatic carbocycles. The van der Waals surface area contributed by atoms with Crippen molar-refractivity contribution < 1.29 is 5.11 Å². The first-order chi connectivity index (χ1) is 8.84. The summed E-state index contributed by atoms with van der Waals surface area (Å²) in [4.78, 5) is 0. The van der Waals surface area contributed by atoms with Gasteiger partial charge in [-0.2, -0.15) is 0 Å². The lowest BCUT2D eigenvalue weighted by Crippen LogP contribution is -2.24. The predicted octanol–water partition coefficient (Wildman–Crippen LogP) is 4.63. The van der Waals surface area contributed by atoms with Gasteiger partial charge in [0.15, 0.2) is 0 Å². The number of benzene rings is 2. The second-order valence-corrected chi connectivity index (χ2v) is 6.16. The SMILES string of the molecule is Cc1cc(C)c(C(C)(O)c2ccccc2Br)cc1C. The maximum atomic E-state index is 11.0. The molecule has 0 aliphatic rings. The van der Waals surface area contributed by atoms with Gasteiger partial charge in [-0.15, -0.1) is 0 Å². The van der Waals surface area contributed by atoms with E-state index < -0.39 is 5.60 Å². The van der Waals surface area contributed by atoms with Crippen LogP contribution in [0.4, 0.5) is 0 Å². The highest BCUT2D eigenvalue weighted by atomic mass is 79.9. The number of hydrogen-bond acceptors (Lipinski definition) is 1. The van der Waals surface area contributed by atoms with Gasteiger partial charge in [-0.25, -0.2) is 0 Å². The minimum atomic E-state index is -0.997. The number of aryl methyl sites for hydroxylation is 3. The first kappa shape index (κ1) is 14.3. The van der Waals surface area contributed by atoms with Crippen molar-refractivity contribution in [2.75, 3.05) is 0 Å². The summed E-state index contributed by atoms with van der Waals surface area (Å²) >= 11 is 3.53. The second-order valence-electron chi connectivity index (χ2n) is 5.30. The molecule has 1 atom stereocenters. The van der Waals surface area contributed by atoms with Gasteiger partial charge in [0.05, 0.1) is 0 Å². The Morgan fingerprint density at radius 1 is 0.895 bits per heavy atom. The highest BCUT2D eigenvalue weighted by Crippen LogP contribution is 2.36. The Labute approximate surface area is 123 Å². The molecule has 0 fully saturated rings. The third-order valence-corrected chi connectivity index (χ3v) is 4.45. The van der Waals surface area contributed by atoms with E-state index in [1.165, 1.54) is 11.1 Å². The Morgan fingerprint density at radius 3 is 2.11 bits per heavy atom. The molecule has 19 heavy (non-hydrogen) atoms. The van der Waals surface area contributed by atoms with Gasteiger partial charge in [-0.3, -0.25) is 0 Å². The summed E-state index contributed by atoms with van der Waals surface area (Å²) in [6.45, 7) is 8.07. The van der Waals surface area contributed by atoms with Gasteiger partial charge in [-0.1, -0.05) is 46.3 Å². The molecule has 0 saturated heterocycles. The topological polar surface area (TPSA) is 20.2 Å². The Hall–Kier alpha value is -1.12. The van der Waals surface area contributed by atoms with E-state index in [0.29, 0.717) is 0 Å². The van der Waals surface area contributed by atoms with Crippen molar-refractivity contribution in [3.05, 3.63) is 68.7 Å². The summed E-state index contributed by atoms with van der Waals surface area (Å²) in [5.41, 5.74) is 4.42. The smallest absolute Gasteiger partial charge is 0.113 e. The Balaban J connectivity index is 2.63. The van der Waals surface area contributed by atoms with Gasteiger partial charge in [0.2, 0.25) is 0 Å². The third kappa shape index (κ3) is 2.60. The van der Waals surface area contributed by atoms with Crippen molar-refractivity contribution in [3.8, 4) is 0 Å². The van der Waals surface area contributed by atoms with Crippen molar-refractivity contribution in [3.63, 3.8) is 0 Å². The first-order valence-electron chi connectivity index (χ1n) is 6.39. The van der Waals surface area contributed by atoms with E-state index in [1.54, 1.807) is 0 Å². The van der Waals surface area contributed by atoms with Crippen LogP contribution in [0.15, 0.2) is 40.9 Å². The van der Waals surface area contributed by atoms with Gasteiger partial charge < -0.3 is 5.11 Å². The summed E-state index contributed by atoms with van der Waals surface area (Å²) in [6, 6.07) is 12.0. The van der Waals surface area contributed by atoms with E-state index in [2.05, 4.69) is 41.9 Å². The van der Waals surface area contributed by atoms with E-state index in [-0.39, 0.29) is 0 Å². The van der Waals surface area contributed by atoms with Crippen LogP contribution in [-0.4, -0.2) is 5.11 Å². The normalized spacial score (nSPS) is 14.2. The van der Waals surface area contributed by atoms with E-state index in [1.807, 2.05) is 38.1 Å². The molecular weight excluding hydrogens is 300 g/mol. The van der Waals surface area contributed by atoms with Gasteiger partial charge >= 0.3 is 0 Å². The lowest BCUT2D eigenvalue weighted by atomic mass is 9.84. The maximum absolute atomic E-state index is 11.0. The van der Waals surface area contributed by atoms with Gasteiger partial charge in [-0.05, 0) is 56.0 Å². The quantitative estimate of drug-likeness (QED) is 0.855. The highest BCUT2D eigenvalue weighted by Gasteiger charge is 2.29. The van der Waals surface area contributed by atoms with E-state index in [4.69, 9.17) is 0 Å². The molecule has 0 aliphatic heterocycles. The molecule has 2 aromatic carbocycles. The Kier molecular flexibility index (Phi) is 3.84. The zero-order valence-corrected chi connectivity index (χ0v) is 13.4. The van der Waals surface area contributed by atoms with Crippen LogP contribution >= 0.6 is 15.9 Å². The maximum Gasteiger partial charge on any atom is 0.113 e. The van der Waals surface area contributed by atoms with Crippen molar-refractivity contribution in [2.45, 2.75) is 33.3 Å². The van der Waals surface area contributed by atoms with Crippen LogP contribution < -0.4 is 0 Å². The monoisotopic (exact) mass is 318 g/mol. The van der Waals surface area contributed by atoms with E-state index in [9.17, 15) is 5.11 Å². The highest BCUT2D eigenvalue weighted by molar-refractivity contribution is 9.10. The van der Waals surface area contributed by atoms with Crippen molar-refractivity contribution in [2.24, 2.45) is 0 Å². The molecule has 1 unspecified atom stereocenters. The van der Waals surface area contributed by atoms with E-state index in [0.717, 1.165) is 21.2 Å². The van der Waals surface area contributed by atoms with Crippen LogP contribution in [0.25, 0.3) is 0 Å². The molecule has 0 amide bonds. The Bertz CT molecular complexity index is 615. The summed E-state index contributed by atoms with van der Waals surface area (Å²) in [5, 5.41) is 11.0. The molecule has 100 valence electrons. The first-order valence-corrected chi connectivity index (χ1v) is 7.19. The third-order valence-electron chi connectivity index (χ3n) is 3.76. The fraction of sp³-hybridized carbons (Fsp3) is 0.294. The standard InChI is InChI=1S/C17H19BrO/c1-11-9-13(3)15(10-12(11)2)17(4,19)14-7-5-6-8-16(14)18/h5-10,19H,1-4H3. The summed E-state index contributed by atoms with van der Waals surface area (Å²) in [7, 11) is 0. The largest absolute Gasteiger partial charge is 0.381 e. The molecule has 0 radical (unpaired) electrons. The fourth-order valence-electron chi connectivity index (χ4n) is 2.49. The number of halogens is 1. The molecule has 0 spiro atoms. The van der Waals surface area contributed by atoms with Crippen LogP contribution in [0.2, 0.25) is 0 Å². The zero-order chi connectivity index (χ0) is 14.2. The van der Waals surface area contributed by atoms with Gasteiger partial charge in [0.25, 0.3) is 0 Å². The molecule has 1 N–H and O–H groups in total. The number of hydrogen-bond donors (Lipinski definition) is 1. The van der Waals surface area contributed by atoms with Crippen LogP contribution in [-0.2, 0) is 5.60 Å². The molecule has 0 aromatic heterocycles. The summed E-state index contributed by atoms with van der Waals surface area (Å²) in [6.07, 6.45) is 0. The molecular formula is C17H19BrO. The Morgan fingerprint density at radius 2 is 1.47 bits per heavy atom. The lowest BCUT2D eigenvalue weighted by Gasteiger charge is -2.28. The van der Waals surface area contributed by atoms with Crippen molar-refractivity contribution in [1.29, 1.82) is 0 Å². The molecule has 1 nitrogen and oxygen atoms in total. The lowest BCUT2D eigenvalue weighted by molar-refractivity contribution is 0.101. The molecule has 2 aromatic rings. The number of aliphatic hydroxyl groups is 1. The predicted molar refractivity (Wildman–Crippen MR) is 83.5 cm³/mol. The minimum Gasteiger partial charge on any atom is -0.381 e. The zero-order valence-electron chi connectivity index (χ0n) is 11.8. The average Bonchev–Trinajstić information content (AvgIpc) is 2.34. The minimum absolute atomic E-state index is 0.890. The average molecular weight is 319 g/mol. The molecule has 2 heteroatoms. The second kappa shape index (κ2) is 5.10. The molecule has 0 saturated carbocycles. The molecule has 0 bridgehead atoms. The van der Waals surface area contributed by atoms with Crippen molar-refractivity contribution in [1.82, 2.24) is 0 Å². The van der Waals surface area contributed by atoms with Crippen LogP contribution in [0.3, 0.4) is 0 Å². The molecule has 0 heterocycles. The summed E-state index contributed by atoms with van der Waals surface area (Å²) in [5.74, 6) is 0. The van der Waals surface area contributed by atoms with Crippen molar-refractivity contribution >= 4 is 15.9 Å². The van der Waals surface area contributed by atoms with Gasteiger partial charge in [0, 0.05) is 10.0 Å². The molecule has 2 rings (SSSR count). The van der Waals surface area contributed by atoms with Gasteiger partial charge in [0.1, 0.15) is 5.60 Å². The van der Waals surface area contributed by atoms with Crippen LogP contribution in [0.5, 0.6) is 0 Å². The fourth-order valence-corrected chi connectivity index (χ4v) is 3.16. The van der Waals surface area contributed by atoms with Crippen LogP contribution in [0, 0.1) is 20.8 Å². The summed E-state index contributed by atoms with van der Waals surface area (Å²) < 4.78 is 0.928. The van der Waals surface area contributed by atoms with Crippen LogP contribution in [0.1, 0.15) is 34.7 Å². The van der Waals surface area contributed by atoms with E-state index >= 15 is 0 Å². The number of rotatable bonds is 2.